The number of carbonyl (C=O) groups excluding carboxylic acids is 2. The van der Waals surface area contributed by atoms with Crippen LogP contribution >= 0.6 is 15.9 Å². The highest BCUT2D eigenvalue weighted by Gasteiger charge is 2.36. The first-order valence-corrected chi connectivity index (χ1v) is 13.4. The summed E-state index contributed by atoms with van der Waals surface area (Å²) in [6, 6.07) is 30.8. The maximum atomic E-state index is 13.8. The number of para-hydroxylation sites is 2. The quantitative estimate of drug-likeness (QED) is 0.315. The smallest absolute Gasteiger partial charge is 0.256 e. The fourth-order valence-electron chi connectivity index (χ4n) is 5.14. The molecule has 2 aliphatic heterocycles. The van der Waals surface area contributed by atoms with Crippen molar-refractivity contribution >= 4 is 39.1 Å². The van der Waals surface area contributed by atoms with Gasteiger partial charge in [-0.2, -0.15) is 0 Å². The summed E-state index contributed by atoms with van der Waals surface area (Å²) in [5.41, 5.74) is 4.22. The number of halogens is 1. The molecule has 0 aliphatic carbocycles. The van der Waals surface area contributed by atoms with Crippen LogP contribution in [0.15, 0.2) is 102 Å². The molecule has 1 saturated heterocycles. The van der Waals surface area contributed by atoms with Crippen LogP contribution in [0, 0.1) is 0 Å². The van der Waals surface area contributed by atoms with Gasteiger partial charge < -0.3 is 19.9 Å². The number of rotatable bonds is 4. The molecule has 0 saturated carbocycles. The number of carbonyl (C=O) groups is 2. The average Bonchev–Trinajstić information content (AvgIpc) is 2.96. The number of hydrogen-bond donors (Lipinski definition) is 1. The van der Waals surface area contributed by atoms with Crippen LogP contribution in [0.2, 0.25) is 0 Å². The summed E-state index contributed by atoms with van der Waals surface area (Å²) < 4.78 is 6.84. The predicted molar refractivity (Wildman–Crippen MR) is 152 cm³/mol. The van der Waals surface area contributed by atoms with E-state index in [1.54, 1.807) is 6.07 Å². The fraction of sp³-hybridized carbons (Fsp3) is 0.161. The maximum Gasteiger partial charge on any atom is 0.256 e. The third-order valence-electron chi connectivity index (χ3n) is 7.13. The molecular weight excluding hydrogens is 542 g/mol. The van der Waals surface area contributed by atoms with E-state index in [0.717, 1.165) is 51.6 Å². The molecule has 1 fully saturated rings. The Morgan fingerprint density at radius 1 is 0.737 bits per heavy atom. The number of piperazine rings is 1. The lowest BCUT2D eigenvalue weighted by atomic mass is 9.86. The first-order valence-electron chi connectivity index (χ1n) is 12.6. The molecule has 0 aromatic heterocycles. The molecule has 2 amide bonds. The van der Waals surface area contributed by atoms with E-state index in [2.05, 4.69) is 26.1 Å². The van der Waals surface area contributed by atoms with E-state index in [9.17, 15) is 9.59 Å². The number of hydrogen-bond acceptors (Lipinski definition) is 4. The first kappa shape index (κ1) is 24.2. The van der Waals surface area contributed by atoms with Crippen molar-refractivity contribution in [2.75, 3.05) is 36.4 Å². The van der Waals surface area contributed by atoms with E-state index >= 15 is 0 Å². The van der Waals surface area contributed by atoms with Crippen LogP contribution in [0.3, 0.4) is 0 Å². The van der Waals surface area contributed by atoms with Crippen molar-refractivity contribution in [3.8, 4) is 11.5 Å². The number of nitrogens with one attached hydrogen (secondary N) is 1. The maximum absolute atomic E-state index is 13.8. The van der Waals surface area contributed by atoms with Crippen molar-refractivity contribution in [3.63, 3.8) is 0 Å². The van der Waals surface area contributed by atoms with E-state index < -0.39 is 0 Å². The van der Waals surface area contributed by atoms with E-state index in [1.807, 2.05) is 95.9 Å². The molecule has 2 aliphatic rings. The van der Waals surface area contributed by atoms with Crippen LogP contribution < -0.4 is 15.0 Å². The number of benzene rings is 4. The normalized spacial score (nSPS) is 14.8. The highest BCUT2D eigenvalue weighted by atomic mass is 79.9. The largest absolute Gasteiger partial charge is 0.457 e. The Labute approximate surface area is 230 Å². The van der Waals surface area contributed by atoms with Gasteiger partial charge in [0.2, 0.25) is 5.91 Å². The van der Waals surface area contributed by atoms with Crippen molar-refractivity contribution in [3.05, 3.63) is 118 Å². The minimum absolute atomic E-state index is 0.109. The third kappa shape index (κ3) is 4.65. The standard InChI is InChI=1S/C31H26BrN3O3/c32-26-10-4-1-7-23(26)30(36)33-21-13-15-22(16-14-21)34-17-19-35(20-18-34)31(37)29-24-8-2-5-11-27(24)38-28-12-6-3-9-25(28)29/h1-16,29H,17-20H2,(H,33,36). The van der Waals surface area contributed by atoms with Crippen LogP contribution in [-0.4, -0.2) is 42.9 Å². The van der Waals surface area contributed by atoms with Gasteiger partial charge in [-0.1, -0.05) is 48.5 Å². The van der Waals surface area contributed by atoms with E-state index in [0.29, 0.717) is 18.7 Å². The molecular formula is C31H26BrN3O3. The van der Waals surface area contributed by atoms with Crippen LogP contribution in [0.25, 0.3) is 0 Å². The molecule has 190 valence electrons. The summed E-state index contributed by atoms with van der Waals surface area (Å²) in [5, 5.41) is 2.95. The van der Waals surface area contributed by atoms with Gasteiger partial charge in [0, 0.05) is 53.2 Å². The van der Waals surface area contributed by atoms with Gasteiger partial charge in [-0.15, -0.1) is 0 Å². The van der Waals surface area contributed by atoms with Crippen molar-refractivity contribution in [2.45, 2.75) is 5.92 Å². The van der Waals surface area contributed by atoms with Crippen molar-refractivity contribution < 1.29 is 14.3 Å². The Morgan fingerprint density at radius 3 is 1.95 bits per heavy atom. The number of ether oxygens (including phenoxy) is 1. The second-order valence-corrected chi connectivity index (χ2v) is 10.3. The van der Waals surface area contributed by atoms with Gasteiger partial charge in [0.05, 0.1) is 11.5 Å². The molecule has 4 aromatic carbocycles. The minimum Gasteiger partial charge on any atom is -0.457 e. The van der Waals surface area contributed by atoms with Crippen molar-refractivity contribution in [2.24, 2.45) is 0 Å². The predicted octanol–water partition coefficient (Wildman–Crippen LogP) is 6.29. The second kappa shape index (κ2) is 10.3. The van der Waals surface area contributed by atoms with E-state index in [-0.39, 0.29) is 17.7 Å². The highest BCUT2D eigenvalue weighted by Crippen LogP contribution is 2.44. The Morgan fingerprint density at radius 2 is 1.32 bits per heavy atom. The number of amides is 2. The van der Waals surface area contributed by atoms with Crippen LogP contribution in [0.1, 0.15) is 27.4 Å². The Balaban J connectivity index is 1.12. The number of fused-ring (bicyclic) bond motifs is 2. The molecule has 0 spiro atoms. The van der Waals surface area contributed by atoms with Gasteiger partial charge in [0.25, 0.3) is 5.91 Å². The Hall–Kier alpha value is -4.10. The zero-order valence-electron chi connectivity index (χ0n) is 20.6. The van der Waals surface area contributed by atoms with Crippen molar-refractivity contribution in [1.29, 1.82) is 0 Å². The SMILES string of the molecule is O=C(Nc1ccc(N2CCN(C(=O)C3c4ccccc4Oc4ccccc43)CC2)cc1)c1ccccc1Br. The molecule has 0 bridgehead atoms. The summed E-state index contributed by atoms with van der Waals surface area (Å²) in [7, 11) is 0. The van der Waals surface area contributed by atoms with Gasteiger partial charge in [0.15, 0.2) is 0 Å². The molecule has 2 heterocycles. The lowest BCUT2D eigenvalue weighted by Gasteiger charge is -2.38. The fourth-order valence-corrected chi connectivity index (χ4v) is 5.61. The molecule has 1 N–H and O–H groups in total. The Bertz CT molecular complexity index is 1450. The molecule has 6 rings (SSSR count). The molecule has 38 heavy (non-hydrogen) atoms. The topological polar surface area (TPSA) is 61.9 Å². The lowest BCUT2D eigenvalue weighted by molar-refractivity contribution is -0.132. The molecule has 6 nitrogen and oxygen atoms in total. The van der Waals surface area contributed by atoms with Crippen LogP contribution in [0.5, 0.6) is 11.5 Å². The van der Waals surface area contributed by atoms with Gasteiger partial charge in [-0.3, -0.25) is 9.59 Å². The van der Waals surface area contributed by atoms with Gasteiger partial charge in [-0.25, -0.2) is 0 Å². The molecule has 0 radical (unpaired) electrons. The summed E-state index contributed by atoms with van der Waals surface area (Å²) in [6.07, 6.45) is 0. The zero-order valence-corrected chi connectivity index (χ0v) is 22.2. The summed E-state index contributed by atoms with van der Waals surface area (Å²) in [4.78, 5) is 30.7. The molecule has 7 heteroatoms. The number of anilines is 2. The molecule has 0 atom stereocenters. The third-order valence-corrected chi connectivity index (χ3v) is 7.82. The van der Waals surface area contributed by atoms with Crippen molar-refractivity contribution in [1.82, 2.24) is 4.90 Å². The average molecular weight is 568 g/mol. The number of nitrogens with zero attached hydrogens (tertiary/aromatic N) is 2. The minimum atomic E-state index is -0.366. The van der Waals surface area contributed by atoms with E-state index in [4.69, 9.17) is 4.74 Å². The summed E-state index contributed by atoms with van der Waals surface area (Å²) >= 11 is 3.43. The Kier molecular flexibility index (Phi) is 6.60. The summed E-state index contributed by atoms with van der Waals surface area (Å²) in [5.74, 6) is 1.08. The second-order valence-electron chi connectivity index (χ2n) is 9.40. The van der Waals surface area contributed by atoms with E-state index in [1.165, 1.54) is 0 Å². The van der Waals surface area contributed by atoms with Gasteiger partial charge >= 0.3 is 0 Å². The zero-order chi connectivity index (χ0) is 26.1. The lowest BCUT2D eigenvalue weighted by Crippen LogP contribution is -2.50. The van der Waals surface area contributed by atoms with Crippen LogP contribution in [0.4, 0.5) is 11.4 Å². The van der Waals surface area contributed by atoms with Gasteiger partial charge in [-0.05, 0) is 64.5 Å². The van der Waals surface area contributed by atoms with Gasteiger partial charge in [0.1, 0.15) is 11.5 Å². The summed E-state index contributed by atoms with van der Waals surface area (Å²) in [6.45, 7) is 2.75. The molecule has 4 aromatic rings. The monoisotopic (exact) mass is 567 g/mol. The van der Waals surface area contributed by atoms with Crippen LogP contribution in [-0.2, 0) is 4.79 Å². The molecule has 0 unspecified atom stereocenters. The first-order chi connectivity index (χ1) is 18.6. The highest BCUT2D eigenvalue weighted by molar-refractivity contribution is 9.10.